The predicted molar refractivity (Wildman–Crippen MR) is 70.2 cm³/mol. The summed E-state index contributed by atoms with van der Waals surface area (Å²) in [6, 6.07) is 7.78. The highest BCUT2D eigenvalue weighted by atomic mass is 16.3. The number of nitrogens with one attached hydrogen (secondary N) is 1. The average Bonchev–Trinajstić information content (AvgIpc) is 2.81. The van der Waals surface area contributed by atoms with Gasteiger partial charge in [-0.1, -0.05) is 29.0 Å². The van der Waals surface area contributed by atoms with Crippen molar-refractivity contribution in [1.29, 1.82) is 0 Å². The van der Waals surface area contributed by atoms with E-state index in [0.29, 0.717) is 11.4 Å². The highest BCUT2D eigenvalue weighted by Crippen LogP contribution is 2.23. The average molecular weight is 260 g/mol. The van der Waals surface area contributed by atoms with Gasteiger partial charge in [-0.05, 0) is 13.0 Å². The largest absolute Gasteiger partial charge is 0.390 e. The fourth-order valence-electron chi connectivity index (χ4n) is 1.89. The van der Waals surface area contributed by atoms with E-state index in [-0.39, 0.29) is 19.1 Å². The van der Waals surface area contributed by atoms with Gasteiger partial charge in [-0.15, -0.1) is 5.10 Å². The van der Waals surface area contributed by atoms with E-state index in [4.69, 9.17) is 0 Å². The van der Waals surface area contributed by atoms with Crippen molar-refractivity contribution < 1.29 is 9.90 Å². The summed E-state index contributed by atoms with van der Waals surface area (Å²) in [4.78, 5) is 11.5. The van der Waals surface area contributed by atoms with Gasteiger partial charge in [0.25, 0.3) is 0 Å². The summed E-state index contributed by atoms with van der Waals surface area (Å²) in [6.45, 7) is 1.85. The maximum absolute atomic E-state index is 11.5. The number of aryl methyl sites for hydroxylation is 1. The third kappa shape index (κ3) is 2.79. The van der Waals surface area contributed by atoms with E-state index in [2.05, 4.69) is 15.6 Å². The van der Waals surface area contributed by atoms with Crippen molar-refractivity contribution in [2.75, 3.05) is 7.05 Å². The molecule has 0 spiro atoms. The minimum Gasteiger partial charge on any atom is -0.390 e. The van der Waals surface area contributed by atoms with Crippen LogP contribution >= 0.6 is 0 Å². The van der Waals surface area contributed by atoms with E-state index < -0.39 is 0 Å². The molecule has 0 unspecified atom stereocenters. The van der Waals surface area contributed by atoms with Crippen molar-refractivity contribution in [3.8, 4) is 11.3 Å². The zero-order valence-electron chi connectivity index (χ0n) is 10.9. The summed E-state index contributed by atoms with van der Waals surface area (Å²) >= 11 is 0. The SMILES string of the molecule is CNC(=O)Cn1nnc(CO)c1-c1cccc(C)c1. The first kappa shape index (κ1) is 13.2. The van der Waals surface area contributed by atoms with E-state index in [1.807, 2.05) is 31.2 Å². The summed E-state index contributed by atoms with van der Waals surface area (Å²) in [5.41, 5.74) is 3.12. The van der Waals surface area contributed by atoms with Crippen LogP contribution in [0.15, 0.2) is 24.3 Å². The first-order chi connectivity index (χ1) is 9.15. The molecule has 0 atom stereocenters. The topological polar surface area (TPSA) is 80.0 Å². The Balaban J connectivity index is 2.47. The molecule has 1 heterocycles. The first-order valence-corrected chi connectivity index (χ1v) is 5.96. The molecule has 2 N–H and O–H groups in total. The molecule has 0 saturated carbocycles. The van der Waals surface area contributed by atoms with Crippen LogP contribution in [0.3, 0.4) is 0 Å². The molecule has 6 nitrogen and oxygen atoms in total. The summed E-state index contributed by atoms with van der Waals surface area (Å²) < 4.78 is 1.50. The number of likely N-dealkylation sites (N-methyl/N-ethyl adjacent to an activating group) is 1. The van der Waals surface area contributed by atoms with Gasteiger partial charge < -0.3 is 10.4 Å². The van der Waals surface area contributed by atoms with E-state index in [1.54, 1.807) is 7.05 Å². The molecule has 0 aliphatic rings. The molecule has 0 fully saturated rings. The zero-order chi connectivity index (χ0) is 13.8. The lowest BCUT2D eigenvalue weighted by Gasteiger charge is -2.07. The fraction of sp³-hybridized carbons (Fsp3) is 0.308. The van der Waals surface area contributed by atoms with Crippen LogP contribution in [-0.2, 0) is 17.9 Å². The van der Waals surface area contributed by atoms with Crippen molar-refractivity contribution in [2.24, 2.45) is 0 Å². The van der Waals surface area contributed by atoms with Gasteiger partial charge in [0.05, 0.1) is 12.3 Å². The third-order valence-corrected chi connectivity index (χ3v) is 2.82. The highest BCUT2D eigenvalue weighted by molar-refractivity contribution is 5.76. The Morgan fingerprint density at radius 1 is 1.47 bits per heavy atom. The minimum atomic E-state index is -0.211. The standard InChI is InChI=1S/C13H16N4O2/c1-9-4-3-5-10(6-9)13-11(8-18)15-16-17(13)7-12(19)14-2/h3-6,18H,7-8H2,1-2H3,(H,14,19). The van der Waals surface area contributed by atoms with Gasteiger partial charge in [-0.25, -0.2) is 4.68 Å². The molecule has 2 rings (SSSR count). The van der Waals surface area contributed by atoms with Crippen LogP contribution < -0.4 is 5.32 Å². The number of benzene rings is 1. The number of hydrogen-bond donors (Lipinski definition) is 2. The van der Waals surface area contributed by atoms with Gasteiger partial charge in [0.15, 0.2) is 0 Å². The second-order valence-electron chi connectivity index (χ2n) is 4.24. The van der Waals surface area contributed by atoms with Crippen LogP contribution in [0.25, 0.3) is 11.3 Å². The number of rotatable bonds is 4. The van der Waals surface area contributed by atoms with Crippen LogP contribution in [0.1, 0.15) is 11.3 Å². The van der Waals surface area contributed by atoms with E-state index in [0.717, 1.165) is 11.1 Å². The van der Waals surface area contributed by atoms with Crippen LogP contribution in [0.2, 0.25) is 0 Å². The molecule has 0 saturated heterocycles. The number of amides is 1. The third-order valence-electron chi connectivity index (χ3n) is 2.82. The molecule has 1 amide bonds. The Morgan fingerprint density at radius 3 is 2.89 bits per heavy atom. The van der Waals surface area contributed by atoms with Gasteiger partial charge >= 0.3 is 0 Å². The molecule has 2 aromatic rings. The molecule has 0 radical (unpaired) electrons. The van der Waals surface area contributed by atoms with Crippen molar-refractivity contribution in [3.63, 3.8) is 0 Å². The lowest BCUT2D eigenvalue weighted by Crippen LogP contribution is -2.24. The quantitative estimate of drug-likeness (QED) is 0.838. The summed E-state index contributed by atoms with van der Waals surface area (Å²) in [5, 5.41) is 19.7. The Bertz CT molecular complexity index is 592. The van der Waals surface area contributed by atoms with Crippen molar-refractivity contribution in [1.82, 2.24) is 20.3 Å². The first-order valence-electron chi connectivity index (χ1n) is 5.96. The smallest absolute Gasteiger partial charge is 0.241 e. The molecule has 1 aromatic carbocycles. The van der Waals surface area contributed by atoms with Crippen LogP contribution in [0.5, 0.6) is 0 Å². The molecular weight excluding hydrogens is 244 g/mol. The van der Waals surface area contributed by atoms with Gasteiger partial charge in [0.1, 0.15) is 12.2 Å². The monoisotopic (exact) mass is 260 g/mol. The van der Waals surface area contributed by atoms with Crippen molar-refractivity contribution in [3.05, 3.63) is 35.5 Å². The Morgan fingerprint density at radius 2 is 2.26 bits per heavy atom. The Kier molecular flexibility index (Phi) is 3.91. The second kappa shape index (κ2) is 5.62. The molecular formula is C13H16N4O2. The van der Waals surface area contributed by atoms with Gasteiger partial charge in [0, 0.05) is 12.6 Å². The predicted octanol–water partition coefficient (Wildman–Crippen LogP) is 0.492. The number of aliphatic hydroxyl groups excluding tert-OH is 1. The van der Waals surface area contributed by atoms with Crippen molar-refractivity contribution in [2.45, 2.75) is 20.1 Å². The molecule has 100 valence electrons. The molecule has 1 aromatic heterocycles. The number of carbonyl (C=O) groups is 1. The maximum atomic E-state index is 11.5. The second-order valence-corrected chi connectivity index (χ2v) is 4.24. The lowest BCUT2D eigenvalue weighted by atomic mass is 10.1. The Labute approximate surface area is 111 Å². The lowest BCUT2D eigenvalue weighted by molar-refractivity contribution is -0.121. The molecule has 0 aliphatic heterocycles. The van der Waals surface area contributed by atoms with Gasteiger partial charge in [-0.3, -0.25) is 4.79 Å². The van der Waals surface area contributed by atoms with Crippen LogP contribution in [0, 0.1) is 6.92 Å². The number of aromatic nitrogens is 3. The summed E-state index contributed by atoms with van der Waals surface area (Å²) in [7, 11) is 1.57. The van der Waals surface area contributed by atoms with Crippen LogP contribution in [-0.4, -0.2) is 33.1 Å². The summed E-state index contributed by atoms with van der Waals surface area (Å²) in [5.74, 6) is -0.164. The normalized spacial score (nSPS) is 10.5. The van der Waals surface area contributed by atoms with E-state index in [9.17, 15) is 9.90 Å². The maximum Gasteiger partial charge on any atom is 0.241 e. The van der Waals surface area contributed by atoms with Gasteiger partial charge in [-0.2, -0.15) is 0 Å². The Hall–Kier alpha value is -2.21. The van der Waals surface area contributed by atoms with Crippen molar-refractivity contribution >= 4 is 5.91 Å². The highest BCUT2D eigenvalue weighted by Gasteiger charge is 2.16. The van der Waals surface area contributed by atoms with E-state index >= 15 is 0 Å². The van der Waals surface area contributed by atoms with E-state index in [1.165, 1.54) is 4.68 Å². The number of aliphatic hydroxyl groups is 1. The molecule has 19 heavy (non-hydrogen) atoms. The number of nitrogens with zero attached hydrogens (tertiary/aromatic N) is 3. The summed E-state index contributed by atoms with van der Waals surface area (Å²) in [6.07, 6.45) is 0. The zero-order valence-corrected chi connectivity index (χ0v) is 10.9. The minimum absolute atomic E-state index is 0.0762. The molecule has 0 aliphatic carbocycles. The fourth-order valence-corrected chi connectivity index (χ4v) is 1.89. The number of hydrogen-bond acceptors (Lipinski definition) is 4. The molecule has 6 heteroatoms. The van der Waals surface area contributed by atoms with Crippen LogP contribution in [0.4, 0.5) is 0 Å². The number of carbonyl (C=O) groups excluding carboxylic acids is 1. The molecule has 0 bridgehead atoms. The van der Waals surface area contributed by atoms with Gasteiger partial charge in [0.2, 0.25) is 5.91 Å².